The normalized spacial score (nSPS) is 41.1. The Balaban J connectivity index is 1.58. The van der Waals surface area contributed by atoms with Crippen molar-refractivity contribution in [3.05, 3.63) is 0 Å². The van der Waals surface area contributed by atoms with Crippen molar-refractivity contribution in [2.24, 2.45) is 17.8 Å². The van der Waals surface area contributed by atoms with Gasteiger partial charge < -0.3 is 15.4 Å². The van der Waals surface area contributed by atoms with E-state index in [2.05, 4.69) is 17.6 Å². The molecule has 4 aliphatic rings. The molecule has 4 bridgehead atoms. The van der Waals surface area contributed by atoms with Gasteiger partial charge in [-0.2, -0.15) is 0 Å². The third-order valence-electron chi connectivity index (χ3n) is 5.21. The Bertz CT molecular complexity index is 323. The van der Waals surface area contributed by atoms with Crippen molar-refractivity contribution in [1.82, 2.24) is 10.6 Å². The third kappa shape index (κ3) is 2.89. The van der Waals surface area contributed by atoms with Crippen LogP contribution in [0.5, 0.6) is 0 Å². The summed E-state index contributed by atoms with van der Waals surface area (Å²) in [5, 5.41) is 7.86. The van der Waals surface area contributed by atoms with E-state index in [1.807, 2.05) is 0 Å². The molecule has 1 atom stereocenters. The molecule has 0 aromatic heterocycles. The second-order valence-corrected chi connectivity index (χ2v) is 7.56. The maximum absolute atomic E-state index is 5.50. The van der Waals surface area contributed by atoms with Gasteiger partial charge in [-0.3, -0.25) is 0 Å². The van der Waals surface area contributed by atoms with E-state index in [9.17, 15) is 0 Å². The standard InChI is InChI=1S/C15H26N2OS/c1-10(9-18-2)16-14(19)17-15-6-11-3-12(7-15)5-13(4-11)8-15/h10-13H,3-9H2,1-2H3,(H2,16,17,19). The van der Waals surface area contributed by atoms with E-state index in [4.69, 9.17) is 17.0 Å². The molecule has 2 N–H and O–H groups in total. The first-order chi connectivity index (χ1) is 9.08. The maximum atomic E-state index is 5.50. The van der Waals surface area contributed by atoms with Crippen LogP contribution in [0.25, 0.3) is 0 Å². The van der Waals surface area contributed by atoms with E-state index in [-0.39, 0.29) is 6.04 Å². The molecule has 4 saturated carbocycles. The van der Waals surface area contributed by atoms with Gasteiger partial charge in [-0.05, 0) is 75.4 Å². The summed E-state index contributed by atoms with van der Waals surface area (Å²) in [7, 11) is 1.73. The van der Waals surface area contributed by atoms with Crippen LogP contribution in [0.15, 0.2) is 0 Å². The third-order valence-corrected chi connectivity index (χ3v) is 5.43. The largest absolute Gasteiger partial charge is 0.383 e. The van der Waals surface area contributed by atoms with Crippen molar-refractivity contribution in [2.75, 3.05) is 13.7 Å². The van der Waals surface area contributed by atoms with Gasteiger partial charge in [-0.1, -0.05) is 0 Å². The van der Waals surface area contributed by atoms with Crippen LogP contribution < -0.4 is 10.6 Å². The highest BCUT2D eigenvalue weighted by atomic mass is 32.1. The summed E-state index contributed by atoms with van der Waals surface area (Å²) in [6.45, 7) is 2.81. The smallest absolute Gasteiger partial charge is 0.167 e. The first-order valence-corrected chi connectivity index (χ1v) is 8.07. The predicted octanol–water partition coefficient (Wildman–Crippen LogP) is 2.45. The average molecular weight is 282 g/mol. The number of methoxy groups -OCH3 is 1. The fourth-order valence-electron chi connectivity index (χ4n) is 5.06. The molecule has 0 aromatic carbocycles. The van der Waals surface area contributed by atoms with Crippen LogP contribution >= 0.6 is 12.2 Å². The maximum Gasteiger partial charge on any atom is 0.167 e. The first-order valence-electron chi connectivity index (χ1n) is 7.66. The van der Waals surface area contributed by atoms with E-state index >= 15 is 0 Å². The monoisotopic (exact) mass is 282 g/mol. The van der Waals surface area contributed by atoms with E-state index < -0.39 is 0 Å². The van der Waals surface area contributed by atoms with Gasteiger partial charge in [0.2, 0.25) is 0 Å². The lowest BCUT2D eigenvalue weighted by molar-refractivity contribution is -0.0103. The zero-order valence-electron chi connectivity index (χ0n) is 12.1. The van der Waals surface area contributed by atoms with E-state index in [1.54, 1.807) is 7.11 Å². The van der Waals surface area contributed by atoms with Crippen LogP contribution in [0.3, 0.4) is 0 Å². The van der Waals surface area contributed by atoms with Gasteiger partial charge >= 0.3 is 0 Å². The molecule has 4 aliphatic carbocycles. The highest BCUT2D eigenvalue weighted by molar-refractivity contribution is 7.80. The lowest BCUT2D eigenvalue weighted by Gasteiger charge is -2.57. The van der Waals surface area contributed by atoms with Crippen LogP contribution in [0.2, 0.25) is 0 Å². The molecule has 108 valence electrons. The topological polar surface area (TPSA) is 33.3 Å². The summed E-state index contributed by atoms with van der Waals surface area (Å²) in [5.41, 5.74) is 0.311. The Kier molecular flexibility index (Phi) is 3.73. The number of thiocarbonyl (C=S) groups is 1. The summed E-state index contributed by atoms with van der Waals surface area (Å²) < 4.78 is 5.15. The Hall–Kier alpha value is -0.350. The highest BCUT2D eigenvalue weighted by Gasteiger charge is 2.51. The Labute approximate surface area is 121 Å². The van der Waals surface area contributed by atoms with Crippen molar-refractivity contribution >= 4 is 17.3 Å². The zero-order valence-corrected chi connectivity index (χ0v) is 12.9. The lowest BCUT2D eigenvalue weighted by Crippen LogP contribution is -2.62. The van der Waals surface area contributed by atoms with Crippen LogP contribution in [-0.2, 0) is 4.74 Å². The number of rotatable bonds is 4. The number of nitrogens with one attached hydrogen (secondary N) is 2. The molecule has 0 spiro atoms. The van der Waals surface area contributed by atoms with Gasteiger partial charge in [0, 0.05) is 18.7 Å². The summed E-state index contributed by atoms with van der Waals surface area (Å²) in [4.78, 5) is 0. The molecule has 0 saturated heterocycles. The first kappa shape index (κ1) is 13.6. The van der Waals surface area contributed by atoms with Gasteiger partial charge in [-0.15, -0.1) is 0 Å². The van der Waals surface area contributed by atoms with Gasteiger partial charge in [-0.25, -0.2) is 0 Å². The molecule has 4 heteroatoms. The SMILES string of the molecule is COCC(C)NC(=S)NC12CC3CC(CC(C3)C1)C2. The van der Waals surface area contributed by atoms with Crippen molar-refractivity contribution in [2.45, 2.75) is 57.0 Å². The summed E-state index contributed by atoms with van der Waals surface area (Å²) in [6, 6.07) is 0.277. The molecule has 0 amide bonds. The van der Waals surface area contributed by atoms with Crippen LogP contribution in [0.4, 0.5) is 0 Å². The average Bonchev–Trinajstić information content (AvgIpc) is 2.25. The zero-order chi connectivity index (χ0) is 13.5. The molecule has 0 radical (unpaired) electrons. The van der Waals surface area contributed by atoms with Gasteiger partial charge in [0.25, 0.3) is 0 Å². The lowest BCUT2D eigenvalue weighted by atomic mass is 9.53. The second-order valence-electron chi connectivity index (χ2n) is 7.15. The fourth-order valence-corrected chi connectivity index (χ4v) is 5.47. The quantitative estimate of drug-likeness (QED) is 0.776. The minimum atomic E-state index is 0.277. The summed E-state index contributed by atoms with van der Waals surface area (Å²) >= 11 is 5.50. The van der Waals surface area contributed by atoms with Gasteiger partial charge in [0.1, 0.15) is 0 Å². The van der Waals surface area contributed by atoms with Gasteiger partial charge in [0.05, 0.1) is 6.61 Å². The van der Waals surface area contributed by atoms with Crippen molar-refractivity contribution in [3.8, 4) is 0 Å². The highest BCUT2D eigenvalue weighted by Crippen LogP contribution is 2.55. The van der Waals surface area contributed by atoms with E-state index in [0.717, 1.165) is 22.9 Å². The minimum Gasteiger partial charge on any atom is -0.383 e. The molecule has 3 nitrogen and oxygen atoms in total. The Morgan fingerprint density at radius 2 is 1.74 bits per heavy atom. The number of hydrogen-bond donors (Lipinski definition) is 2. The van der Waals surface area contributed by atoms with Crippen molar-refractivity contribution in [1.29, 1.82) is 0 Å². The fraction of sp³-hybridized carbons (Fsp3) is 0.933. The van der Waals surface area contributed by atoms with Crippen molar-refractivity contribution < 1.29 is 4.74 Å². The molecular weight excluding hydrogens is 256 g/mol. The van der Waals surface area contributed by atoms with E-state index in [1.165, 1.54) is 38.5 Å². The molecule has 4 rings (SSSR count). The summed E-state index contributed by atoms with van der Waals surface area (Å²) in [6.07, 6.45) is 8.42. The molecule has 0 aliphatic heterocycles. The number of ether oxygens (including phenoxy) is 1. The van der Waals surface area contributed by atoms with Crippen LogP contribution in [0.1, 0.15) is 45.4 Å². The van der Waals surface area contributed by atoms with Gasteiger partial charge in [0.15, 0.2) is 5.11 Å². The van der Waals surface area contributed by atoms with Crippen LogP contribution in [-0.4, -0.2) is 30.4 Å². The molecule has 19 heavy (non-hydrogen) atoms. The molecule has 4 fully saturated rings. The van der Waals surface area contributed by atoms with Crippen LogP contribution in [0, 0.1) is 17.8 Å². The summed E-state index contributed by atoms with van der Waals surface area (Å²) in [5.74, 6) is 2.87. The van der Waals surface area contributed by atoms with Crippen molar-refractivity contribution in [3.63, 3.8) is 0 Å². The molecular formula is C15H26N2OS. The molecule has 1 unspecified atom stereocenters. The second kappa shape index (κ2) is 5.21. The Morgan fingerprint density at radius 1 is 1.21 bits per heavy atom. The van der Waals surface area contributed by atoms with E-state index in [0.29, 0.717) is 12.1 Å². The predicted molar refractivity (Wildman–Crippen MR) is 81.1 cm³/mol. The number of hydrogen-bond acceptors (Lipinski definition) is 2. The molecule has 0 heterocycles. The Morgan fingerprint density at radius 3 is 2.21 bits per heavy atom. The minimum absolute atomic E-state index is 0.277. The molecule has 0 aromatic rings.